The minimum atomic E-state index is 0.538. The van der Waals surface area contributed by atoms with Crippen molar-refractivity contribution >= 4 is 44.4 Å². The van der Waals surface area contributed by atoms with Crippen molar-refractivity contribution in [2.24, 2.45) is 5.16 Å². The van der Waals surface area contributed by atoms with Crippen LogP contribution in [-0.2, 0) is 0 Å². The molecule has 0 radical (unpaired) electrons. The Labute approximate surface area is 125 Å². The molecule has 1 N–H and O–H groups in total. The zero-order valence-electron chi connectivity index (χ0n) is 9.92. The molecule has 0 fully saturated rings. The lowest BCUT2D eigenvalue weighted by Gasteiger charge is -2.07. The Bertz CT molecular complexity index is 606. The third-order valence-electron chi connectivity index (χ3n) is 2.61. The van der Waals surface area contributed by atoms with E-state index < -0.39 is 0 Å². The molecule has 0 spiro atoms. The second-order valence-corrected chi connectivity index (χ2v) is 5.14. The van der Waals surface area contributed by atoms with Gasteiger partial charge in [-0.05, 0) is 23.3 Å². The summed E-state index contributed by atoms with van der Waals surface area (Å²) in [7, 11) is 0. The largest absolute Gasteiger partial charge is 0.411 e. The van der Waals surface area contributed by atoms with Gasteiger partial charge >= 0.3 is 0 Å². The maximum atomic E-state index is 8.81. The topological polar surface area (TPSA) is 32.6 Å². The first-order valence-electron chi connectivity index (χ1n) is 5.61. The Morgan fingerprint density at radius 1 is 1.00 bits per heavy atom. The zero-order valence-corrected chi connectivity index (χ0v) is 12.3. The van der Waals surface area contributed by atoms with Gasteiger partial charge in [-0.2, -0.15) is 0 Å². The average molecular weight is 337 g/mol. The van der Waals surface area contributed by atoms with Crippen molar-refractivity contribution in [3.8, 4) is 0 Å². The summed E-state index contributed by atoms with van der Waals surface area (Å²) < 4.78 is 0.984. The molecule has 0 aliphatic carbocycles. The van der Waals surface area contributed by atoms with Crippen LogP contribution in [0.25, 0.3) is 10.6 Å². The molecule has 2 aromatic rings. The first-order chi connectivity index (χ1) is 9.22. The molecule has 0 aliphatic heterocycles. The van der Waals surface area contributed by atoms with Gasteiger partial charge in [-0.15, -0.1) is 0 Å². The SMILES string of the molecule is ON=CC(=C(Cl)c1ccc(Br)cc1)c1ccccc1. The molecule has 0 atom stereocenters. The van der Waals surface area contributed by atoms with Crippen LogP contribution in [-0.4, -0.2) is 11.4 Å². The third kappa shape index (κ3) is 3.46. The van der Waals surface area contributed by atoms with Crippen molar-refractivity contribution in [1.82, 2.24) is 0 Å². The maximum Gasteiger partial charge on any atom is 0.0755 e. The number of rotatable bonds is 3. The molecule has 0 saturated heterocycles. The van der Waals surface area contributed by atoms with Gasteiger partial charge < -0.3 is 5.21 Å². The van der Waals surface area contributed by atoms with Crippen LogP contribution in [0.1, 0.15) is 11.1 Å². The van der Waals surface area contributed by atoms with E-state index in [1.165, 1.54) is 6.21 Å². The summed E-state index contributed by atoms with van der Waals surface area (Å²) in [6.45, 7) is 0. The van der Waals surface area contributed by atoms with E-state index in [1.54, 1.807) is 0 Å². The molecule has 0 heterocycles. The van der Waals surface area contributed by atoms with Crippen LogP contribution in [0.5, 0.6) is 0 Å². The summed E-state index contributed by atoms with van der Waals surface area (Å²) in [5.41, 5.74) is 2.43. The molecule has 2 aromatic carbocycles. The van der Waals surface area contributed by atoms with Crippen molar-refractivity contribution < 1.29 is 5.21 Å². The van der Waals surface area contributed by atoms with Crippen molar-refractivity contribution in [2.75, 3.05) is 0 Å². The summed E-state index contributed by atoms with van der Waals surface area (Å²) in [6, 6.07) is 17.2. The van der Waals surface area contributed by atoms with Crippen LogP contribution in [0.3, 0.4) is 0 Å². The molecule has 19 heavy (non-hydrogen) atoms. The molecule has 2 nitrogen and oxygen atoms in total. The Kier molecular flexibility index (Phi) is 4.77. The molecule has 0 amide bonds. The Hall–Kier alpha value is -1.58. The Balaban J connectivity index is 2.53. The molecular formula is C15H11BrClNO. The quantitative estimate of drug-likeness (QED) is 0.363. The number of hydrogen-bond acceptors (Lipinski definition) is 2. The van der Waals surface area contributed by atoms with E-state index in [-0.39, 0.29) is 0 Å². The number of allylic oxidation sites excluding steroid dienone is 1. The minimum Gasteiger partial charge on any atom is -0.411 e. The molecular weight excluding hydrogens is 326 g/mol. The van der Waals surface area contributed by atoms with E-state index in [0.29, 0.717) is 10.6 Å². The van der Waals surface area contributed by atoms with Crippen LogP contribution in [0.2, 0.25) is 0 Å². The Morgan fingerprint density at radius 3 is 2.21 bits per heavy atom. The summed E-state index contributed by atoms with van der Waals surface area (Å²) in [5.74, 6) is 0. The monoisotopic (exact) mass is 335 g/mol. The second kappa shape index (κ2) is 6.55. The fourth-order valence-electron chi connectivity index (χ4n) is 1.69. The predicted octanol–water partition coefficient (Wildman–Crippen LogP) is 5.02. The van der Waals surface area contributed by atoms with Crippen molar-refractivity contribution in [3.05, 3.63) is 70.2 Å². The van der Waals surface area contributed by atoms with E-state index in [1.807, 2.05) is 54.6 Å². The number of oxime groups is 1. The fourth-order valence-corrected chi connectivity index (χ4v) is 2.23. The number of nitrogens with zero attached hydrogens (tertiary/aromatic N) is 1. The highest BCUT2D eigenvalue weighted by Crippen LogP contribution is 2.29. The molecule has 0 unspecified atom stereocenters. The Morgan fingerprint density at radius 2 is 1.63 bits per heavy atom. The first-order valence-corrected chi connectivity index (χ1v) is 6.78. The van der Waals surface area contributed by atoms with E-state index in [4.69, 9.17) is 16.8 Å². The first kappa shape index (κ1) is 13.8. The molecule has 0 saturated carbocycles. The predicted molar refractivity (Wildman–Crippen MR) is 83.5 cm³/mol. The van der Waals surface area contributed by atoms with Crippen molar-refractivity contribution in [1.29, 1.82) is 0 Å². The standard InChI is InChI=1S/C15H11BrClNO/c16-13-8-6-12(7-9-13)15(17)14(10-18-19)11-4-2-1-3-5-11/h1-10,19H. The van der Waals surface area contributed by atoms with Gasteiger partial charge in [-0.3, -0.25) is 0 Å². The van der Waals surface area contributed by atoms with Crippen LogP contribution in [0.15, 0.2) is 64.2 Å². The highest BCUT2D eigenvalue weighted by Gasteiger charge is 2.08. The van der Waals surface area contributed by atoms with Gasteiger partial charge in [0, 0.05) is 10.0 Å². The molecule has 2 rings (SSSR count). The minimum absolute atomic E-state index is 0.538. The van der Waals surface area contributed by atoms with E-state index >= 15 is 0 Å². The smallest absolute Gasteiger partial charge is 0.0755 e. The molecule has 4 heteroatoms. The summed E-state index contributed by atoms with van der Waals surface area (Å²) in [4.78, 5) is 0. The van der Waals surface area contributed by atoms with Gasteiger partial charge in [-0.25, -0.2) is 0 Å². The van der Waals surface area contributed by atoms with E-state index in [0.717, 1.165) is 15.6 Å². The highest BCUT2D eigenvalue weighted by molar-refractivity contribution is 9.10. The maximum absolute atomic E-state index is 8.81. The summed E-state index contributed by atoms with van der Waals surface area (Å²) >= 11 is 9.78. The summed E-state index contributed by atoms with van der Waals surface area (Å²) in [5, 5.41) is 12.4. The van der Waals surface area contributed by atoms with E-state index in [2.05, 4.69) is 21.1 Å². The van der Waals surface area contributed by atoms with Gasteiger partial charge in [-0.1, -0.05) is 75.2 Å². The number of benzene rings is 2. The van der Waals surface area contributed by atoms with E-state index in [9.17, 15) is 0 Å². The van der Waals surface area contributed by atoms with Gasteiger partial charge in [0.25, 0.3) is 0 Å². The molecule has 0 aromatic heterocycles. The lowest BCUT2D eigenvalue weighted by molar-refractivity contribution is 0.322. The average Bonchev–Trinajstić information content (AvgIpc) is 2.46. The van der Waals surface area contributed by atoms with Crippen LogP contribution in [0.4, 0.5) is 0 Å². The lowest BCUT2D eigenvalue weighted by Crippen LogP contribution is -1.90. The zero-order chi connectivity index (χ0) is 13.7. The fraction of sp³-hybridized carbons (Fsp3) is 0. The number of hydrogen-bond donors (Lipinski definition) is 1. The van der Waals surface area contributed by atoms with Crippen molar-refractivity contribution in [3.63, 3.8) is 0 Å². The van der Waals surface area contributed by atoms with Crippen LogP contribution < -0.4 is 0 Å². The van der Waals surface area contributed by atoms with Gasteiger partial charge in [0.15, 0.2) is 0 Å². The van der Waals surface area contributed by atoms with Gasteiger partial charge in [0.1, 0.15) is 0 Å². The summed E-state index contributed by atoms with van der Waals surface area (Å²) in [6.07, 6.45) is 1.35. The van der Waals surface area contributed by atoms with Crippen molar-refractivity contribution in [2.45, 2.75) is 0 Å². The van der Waals surface area contributed by atoms with Gasteiger partial charge in [0.2, 0.25) is 0 Å². The second-order valence-electron chi connectivity index (χ2n) is 3.85. The highest BCUT2D eigenvalue weighted by atomic mass is 79.9. The van der Waals surface area contributed by atoms with Crippen LogP contribution >= 0.6 is 27.5 Å². The van der Waals surface area contributed by atoms with Gasteiger partial charge in [0.05, 0.1) is 11.2 Å². The third-order valence-corrected chi connectivity index (χ3v) is 3.56. The molecule has 96 valence electrons. The molecule has 0 aliphatic rings. The number of halogens is 2. The normalized spacial score (nSPS) is 12.5. The van der Waals surface area contributed by atoms with Crippen LogP contribution in [0, 0.1) is 0 Å². The lowest BCUT2D eigenvalue weighted by atomic mass is 10.0. The molecule has 0 bridgehead atoms.